The van der Waals surface area contributed by atoms with Crippen LogP contribution in [0.15, 0.2) is 0 Å². The van der Waals surface area contributed by atoms with Gasteiger partial charge in [-0.05, 0) is 32.1 Å². The van der Waals surface area contributed by atoms with Gasteiger partial charge in [0.15, 0.2) is 0 Å². The molecule has 0 fully saturated rings. The molecule has 0 amide bonds. The summed E-state index contributed by atoms with van der Waals surface area (Å²) in [7, 11) is 0. The third kappa shape index (κ3) is 162. The fraction of sp³-hybridized carbons (Fsp3) is 0.714. The molecule has 0 radical (unpaired) electrons. The molecule has 13 nitrogen and oxygen atoms in total. The van der Waals surface area contributed by atoms with Gasteiger partial charge in [-0.3, -0.25) is 24.0 Å². The molecule has 204 valence electrons. The molecule has 13 heteroatoms. The average Bonchev–Trinajstić information content (AvgIpc) is 2.62. The minimum atomic E-state index is -1.83. The fourth-order valence-electron chi connectivity index (χ4n) is 1.07. The van der Waals surface area contributed by atoms with Gasteiger partial charge < -0.3 is 35.7 Å². The maximum Gasteiger partial charge on any atom is 0.503 e. The summed E-state index contributed by atoms with van der Waals surface area (Å²) in [5.41, 5.74) is 0. The van der Waals surface area contributed by atoms with Crippen molar-refractivity contribution in [2.45, 2.75) is 98.8 Å². The lowest BCUT2D eigenvalue weighted by atomic mass is 10.4. The number of hydrogen-bond donors (Lipinski definition) is 7. The van der Waals surface area contributed by atoms with Crippen molar-refractivity contribution in [1.82, 2.24) is 0 Å². The lowest BCUT2D eigenvalue weighted by molar-refractivity contribution is -0.138. The lowest BCUT2D eigenvalue weighted by Crippen LogP contribution is -1.90. The molecule has 0 aliphatic carbocycles. The Labute approximate surface area is 200 Å². The molecule has 0 spiro atoms. The van der Waals surface area contributed by atoms with Gasteiger partial charge in [0.2, 0.25) is 0 Å². The van der Waals surface area contributed by atoms with Gasteiger partial charge in [0.05, 0.1) is 0 Å². The number of rotatable bonds is 10. The molecule has 0 bridgehead atoms. The van der Waals surface area contributed by atoms with Gasteiger partial charge in [-0.25, -0.2) is 4.79 Å². The summed E-state index contributed by atoms with van der Waals surface area (Å²) in [5.74, 6) is -3.55. The second-order valence-electron chi connectivity index (χ2n) is 6.00. The van der Waals surface area contributed by atoms with E-state index in [0.29, 0.717) is 32.1 Å². The summed E-state index contributed by atoms with van der Waals surface area (Å²) in [6.45, 7) is 9.21. The van der Waals surface area contributed by atoms with Crippen LogP contribution in [0.5, 0.6) is 0 Å². The Hall–Kier alpha value is -3.38. The van der Waals surface area contributed by atoms with E-state index >= 15 is 0 Å². The Balaban J connectivity index is -0.0000000695. The highest BCUT2D eigenvalue weighted by Gasteiger charge is 1.89. The molecule has 0 aliphatic rings. The Kier molecular flexibility index (Phi) is 52.2. The third-order valence-electron chi connectivity index (χ3n) is 2.32. The van der Waals surface area contributed by atoms with Crippen LogP contribution in [0.25, 0.3) is 0 Å². The van der Waals surface area contributed by atoms with Crippen molar-refractivity contribution in [2.75, 3.05) is 0 Å². The van der Waals surface area contributed by atoms with Crippen molar-refractivity contribution >= 4 is 36.0 Å². The molecule has 0 unspecified atom stereocenters. The van der Waals surface area contributed by atoms with Crippen LogP contribution in [0.1, 0.15) is 98.8 Å². The van der Waals surface area contributed by atoms with Gasteiger partial charge in [-0.1, -0.05) is 34.6 Å². The molecule has 34 heavy (non-hydrogen) atoms. The Morgan fingerprint density at radius 3 is 0.441 bits per heavy atom. The molecule has 0 aliphatic heterocycles. The van der Waals surface area contributed by atoms with Crippen LogP contribution >= 0.6 is 0 Å². The normalized spacial score (nSPS) is 7.91. The van der Waals surface area contributed by atoms with E-state index in [2.05, 4.69) is 0 Å². The summed E-state index contributed by atoms with van der Waals surface area (Å²) in [4.78, 5) is 56.6. The predicted molar refractivity (Wildman–Crippen MR) is 123 cm³/mol. The highest BCUT2D eigenvalue weighted by atomic mass is 16.6. The zero-order chi connectivity index (χ0) is 28.5. The smallest absolute Gasteiger partial charge is 0.481 e. The second-order valence-corrected chi connectivity index (χ2v) is 6.00. The Bertz CT molecular complexity index is 420. The van der Waals surface area contributed by atoms with Gasteiger partial charge in [-0.15, -0.1) is 0 Å². The number of hydrogen-bond acceptors (Lipinski definition) is 6. The Morgan fingerprint density at radius 2 is 0.441 bits per heavy atom. The summed E-state index contributed by atoms with van der Waals surface area (Å²) in [5, 5.41) is 53.5. The van der Waals surface area contributed by atoms with Gasteiger partial charge in [-0.2, -0.15) is 0 Å². The summed E-state index contributed by atoms with van der Waals surface area (Å²) < 4.78 is 0. The first kappa shape index (κ1) is 44.3. The SMILES string of the molecule is CCCC(=O)O.CCCC(=O)O.CCCC(=O)O.CCCC(=O)O.CCCC(=O)O.O=C(O)O. The fourth-order valence-corrected chi connectivity index (χ4v) is 1.07. The second kappa shape index (κ2) is 40.0. The maximum atomic E-state index is 9.60. The van der Waals surface area contributed by atoms with E-state index in [9.17, 15) is 24.0 Å². The largest absolute Gasteiger partial charge is 0.503 e. The van der Waals surface area contributed by atoms with E-state index in [0.717, 1.165) is 32.1 Å². The number of carboxylic acids is 5. The molecule has 0 aromatic rings. The molecule has 0 atom stereocenters. The van der Waals surface area contributed by atoms with Crippen molar-refractivity contribution in [1.29, 1.82) is 0 Å². The van der Waals surface area contributed by atoms with Gasteiger partial charge >= 0.3 is 36.0 Å². The van der Waals surface area contributed by atoms with E-state index in [1.54, 1.807) is 0 Å². The first-order chi connectivity index (χ1) is 15.6. The zero-order valence-electron chi connectivity index (χ0n) is 20.7. The lowest BCUT2D eigenvalue weighted by Gasteiger charge is -1.79. The van der Waals surface area contributed by atoms with Crippen LogP contribution < -0.4 is 0 Å². The zero-order valence-corrected chi connectivity index (χ0v) is 20.7. The van der Waals surface area contributed by atoms with Crippen molar-refractivity contribution in [3.63, 3.8) is 0 Å². The molecular weight excluding hydrogens is 460 g/mol. The van der Waals surface area contributed by atoms with E-state index < -0.39 is 36.0 Å². The van der Waals surface area contributed by atoms with E-state index in [-0.39, 0.29) is 0 Å². The highest BCUT2D eigenvalue weighted by molar-refractivity contribution is 5.67. The van der Waals surface area contributed by atoms with Crippen LogP contribution in [-0.2, 0) is 24.0 Å². The highest BCUT2D eigenvalue weighted by Crippen LogP contribution is 1.84. The van der Waals surface area contributed by atoms with E-state index in [4.69, 9.17) is 40.5 Å². The van der Waals surface area contributed by atoms with Crippen molar-refractivity contribution in [3.8, 4) is 0 Å². The molecule has 0 rings (SSSR count). The van der Waals surface area contributed by atoms with Crippen LogP contribution in [0.2, 0.25) is 0 Å². The summed E-state index contributed by atoms with van der Waals surface area (Å²) in [6.07, 6.45) is 3.28. The Morgan fingerprint density at radius 1 is 0.353 bits per heavy atom. The summed E-state index contributed by atoms with van der Waals surface area (Å²) in [6, 6.07) is 0. The molecule has 0 aromatic carbocycles. The van der Waals surface area contributed by atoms with Crippen molar-refractivity contribution in [2.24, 2.45) is 0 Å². The standard InChI is InChI=1S/5C4H8O2.CH2O3/c5*1-2-3-4(5)6;2-1(3)4/h5*2-3H2,1H3,(H,5,6);(H2,2,3,4). The first-order valence-electron chi connectivity index (χ1n) is 10.6. The molecule has 7 N–H and O–H groups in total. The van der Waals surface area contributed by atoms with Gasteiger partial charge in [0.1, 0.15) is 0 Å². The van der Waals surface area contributed by atoms with E-state index in [1.807, 2.05) is 34.6 Å². The molecular formula is C21H42O13. The molecule has 0 saturated heterocycles. The average molecular weight is 503 g/mol. The number of carboxylic acid groups (broad SMARTS) is 7. The van der Waals surface area contributed by atoms with Crippen molar-refractivity contribution < 1.29 is 64.5 Å². The molecule has 0 saturated carbocycles. The number of carbonyl (C=O) groups is 6. The summed E-state index contributed by atoms with van der Waals surface area (Å²) >= 11 is 0. The van der Waals surface area contributed by atoms with Crippen LogP contribution in [0.3, 0.4) is 0 Å². The minimum absolute atomic E-state index is 0.292. The first-order valence-corrected chi connectivity index (χ1v) is 10.6. The van der Waals surface area contributed by atoms with E-state index in [1.165, 1.54) is 0 Å². The third-order valence-corrected chi connectivity index (χ3v) is 2.32. The monoisotopic (exact) mass is 502 g/mol. The van der Waals surface area contributed by atoms with Crippen molar-refractivity contribution in [3.05, 3.63) is 0 Å². The number of aliphatic carboxylic acids is 5. The minimum Gasteiger partial charge on any atom is -0.481 e. The topological polar surface area (TPSA) is 244 Å². The van der Waals surface area contributed by atoms with Gasteiger partial charge in [0.25, 0.3) is 0 Å². The van der Waals surface area contributed by atoms with Gasteiger partial charge in [0, 0.05) is 32.1 Å². The molecule has 0 heterocycles. The molecule has 0 aromatic heterocycles. The quantitative estimate of drug-likeness (QED) is 0.216. The van der Waals surface area contributed by atoms with Crippen LogP contribution in [0, 0.1) is 0 Å². The van der Waals surface area contributed by atoms with Crippen LogP contribution in [0.4, 0.5) is 4.79 Å². The predicted octanol–water partition coefficient (Wildman–Crippen LogP) is 4.58. The maximum absolute atomic E-state index is 9.60. The van der Waals surface area contributed by atoms with Crippen LogP contribution in [-0.4, -0.2) is 71.7 Å².